The van der Waals surface area contributed by atoms with Gasteiger partial charge < -0.3 is 0 Å². The second-order valence-electron chi connectivity index (χ2n) is 6.00. The van der Waals surface area contributed by atoms with Crippen molar-refractivity contribution in [2.45, 2.75) is 17.6 Å². The van der Waals surface area contributed by atoms with Crippen molar-refractivity contribution in [3.05, 3.63) is 64.7 Å². The highest BCUT2D eigenvalue weighted by molar-refractivity contribution is 7.89. The molecule has 0 aliphatic rings. The summed E-state index contributed by atoms with van der Waals surface area (Å²) >= 11 is 0. The highest BCUT2D eigenvalue weighted by atomic mass is 32.2. The Labute approximate surface area is 163 Å². The Morgan fingerprint density at radius 1 is 1.10 bits per heavy atom. The number of halogens is 3. The molecule has 12 heteroatoms. The fourth-order valence-electron chi connectivity index (χ4n) is 2.65. The second-order valence-corrected chi connectivity index (χ2v) is 7.73. The van der Waals surface area contributed by atoms with E-state index in [0.717, 1.165) is 16.8 Å². The summed E-state index contributed by atoms with van der Waals surface area (Å²) in [7, 11) is -2.96. The topological polar surface area (TPSA) is 98.9 Å². The van der Waals surface area contributed by atoms with E-state index >= 15 is 0 Å². The van der Waals surface area contributed by atoms with Crippen molar-refractivity contribution >= 4 is 10.0 Å². The van der Waals surface area contributed by atoms with Gasteiger partial charge in [-0.25, -0.2) is 22.6 Å². The van der Waals surface area contributed by atoms with E-state index in [1.165, 1.54) is 23.9 Å². The number of pyridine rings is 1. The molecule has 0 bridgehead atoms. The Morgan fingerprint density at radius 2 is 1.79 bits per heavy atom. The maximum absolute atomic E-state index is 13.1. The third-order valence-electron chi connectivity index (χ3n) is 4.03. The highest BCUT2D eigenvalue weighted by Crippen LogP contribution is 2.33. The van der Waals surface area contributed by atoms with E-state index in [0.29, 0.717) is 11.8 Å². The predicted molar refractivity (Wildman–Crippen MR) is 97.3 cm³/mol. The van der Waals surface area contributed by atoms with Crippen LogP contribution in [0.2, 0.25) is 0 Å². The predicted octanol–water partition coefficient (Wildman–Crippen LogP) is 1.64. The van der Waals surface area contributed by atoms with Gasteiger partial charge in [-0.1, -0.05) is 18.2 Å². The molecular formula is C17H16F3N5O3S. The van der Waals surface area contributed by atoms with Crippen LogP contribution in [-0.2, 0) is 29.8 Å². The van der Waals surface area contributed by atoms with Crippen molar-refractivity contribution in [3.8, 4) is 11.5 Å². The van der Waals surface area contributed by atoms with Gasteiger partial charge in [0.2, 0.25) is 10.0 Å². The SMILES string of the molecule is Cn1c(-c2ccccn2)nn(CCNS(=O)(=O)c2ccccc2C(F)(F)F)c1=O. The zero-order valence-electron chi connectivity index (χ0n) is 15.1. The average molecular weight is 427 g/mol. The fraction of sp³-hybridized carbons (Fsp3) is 0.235. The number of nitrogens with zero attached hydrogens (tertiary/aromatic N) is 4. The van der Waals surface area contributed by atoms with Crippen LogP contribution in [0.25, 0.3) is 11.5 Å². The first-order valence-corrected chi connectivity index (χ1v) is 9.81. The number of hydrogen-bond acceptors (Lipinski definition) is 5. The third kappa shape index (κ3) is 4.38. The first-order chi connectivity index (χ1) is 13.6. The standard InChI is InChI=1S/C17H16F3N5O3S/c1-24-15(13-7-4-5-9-21-13)23-25(16(24)26)11-10-22-29(27,28)14-8-3-2-6-12(14)17(18,19)20/h2-9,22H,10-11H2,1H3. The maximum atomic E-state index is 13.1. The van der Waals surface area contributed by atoms with Crippen molar-refractivity contribution in [1.82, 2.24) is 24.1 Å². The zero-order chi connectivity index (χ0) is 21.2. The van der Waals surface area contributed by atoms with Crippen molar-refractivity contribution < 1.29 is 21.6 Å². The molecule has 0 atom stereocenters. The number of benzene rings is 1. The Morgan fingerprint density at radius 3 is 2.45 bits per heavy atom. The Balaban J connectivity index is 1.78. The van der Waals surface area contributed by atoms with Crippen molar-refractivity contribution in [3.63, 3.8) is 0 Å². The summed E-state index contributed by atoms with van der Waals surface area (Å²) in [4.78, 5) is 15.5. The van der Waals surface area contributed by atoms with E-state index in [1.807, 2.05) is 0 Å². The van der Waals surface area contributed by atoms with Crippen molar-refractivity contribution in [2.75, 3.05) is 6.54 Å². The van der Waals surface area contributed by atoms with E-state index in [-0.39, 0.29) is 18.9 Å². The monoisotopic (exact) mass is 427 g/mol. The van der Waals surface area contributed by atoms with Gasteiger partial charge in [0, 0.05) is 19.8 Å². The zero-order valence-corrected chi connectivity index (χ0v) is 15.9. The van der Waals surface area contributed by atoms with Gasteiger partial charge in [-0.2, -0.15) is 13.2 Å². The highest BCUT2D eigenvalue weighted by Gasteiger charge is 2.36. The smallest absolute Gasteiger partial charge is 0.277 e. The molecule has 8 nitrogen and oxygen atoms in total. The number of sulfonamides is 1. The summed E-state index contributed by atoms with van der Waals surface area (Å²) in [5.74, 6) is 0.279. The van der Waals surface area contributed by atoms with Crippen LogP contribution < -0.4 is 10.4 Å². The average Bonchev–Trinajstić information content (AvgIpc) is 2.96. The van der Waals surface area contributed by atoms with Gasteiger partial charge in [-0.05, 0) is 24.3 Å². The van der Waals surface area contributed by atoms with Crippen LogP contribution in [0, 0.1) is 0 Å². The molecule has 0 amide bonds. The summed E-state index contributed by atoms with van der Waals surface area (Å²) in [6, 6.07) is 8.95. The van der Waals surface area contributed by atoms with E-state index in [1.54, 1.807) is 18.2 Å². The normalized spacial score (nSPS) is 12.3. The third-order valence-corrected chi connectivity index (χ3v) is 5.55. The number of aromatic nitrogens is 4. The molecule has 154 valence electrons. The lowest BCUT2D eigenvalue weighted by molar-refractivity contribution is -0.139. The molecule has 0 fully saturated rings. The minimum atomic E-state index is -4.82. The van der Waals surface area contributed by atoms with E-state index in [4.69, 9.17) is 0 Å². The molecule has 3 rings (SSSR count). The van der Waals surface area contributed by atoms with Crippen LogP contribution in [0.5, 0.6) is 0 Å². The van der Waals surface area contributed by atoms with Crippen LogP contribution in [0.1, 0.15) is 5.56 Å². The van der Waals surface area contributed by atoms with E-state index in [9.17, 15) is 26.4 Å². The van der Waals surface area contributed by atoms with Crippen LogP contribution in [-0.4, -0.2) is 34.3 Å². The number of rotatable bonds is 6. The lowest BCUT2D eigenvalue weighted by atomic mass is 10.2. The first kappa shape index (κ1) is 20.7. The quantitative estimate of drug-likeness (QED) is 0.645. The summed E-state index contributed by atoms with van der Waals surface area (Å²) in [5, 5.41) is 4.12. The van der Waals surface area contributed by atoms with Crippen LogP contribution in [0.4, 0.5) is 13.2 Å². The summed E-state index contributed by atoms with van der Waals surface area (Å²) < 4.78 is 68.2. The summed E-state index contributed by atoms with van der Waals surface area (Å²) in [5.41, 5.74) is -1.33. The minimum Gasteiger partial charge on any atom is -0.277 e. The molecular weight excluding hydrogens is 411 g/mol. The molecule has 2 heterocycles. The molecule has 0 spiro atoms. The van der Waals surface area contributed by atoms with Gasteiger partial charge in [0.15, 0.2) is 5.82 Å². The molecule has 1 N–H and O–H groups in total. The first-order valence-electron chi connectivity index (χ1n) is 8.32. The van der Waals surface area contributed by atoms with Gasteiger partial charge in [0.1, 0.15) is 5.69 Å². The molecule has 2 aromatic heterocycles. The van der Waals surface area contributed by atoms with E-state index in [2.05, 4.69) is 14.8 Å². The summed E-state index contributed by atoms with van der Waals surface area (Å²) in [6.07, 6.45) is -3.29. The lowest BCUT2D eigenvalue weighted by Crippen LogP contribution is -2.32. The van der Waals surface area contributed by atoms with Crippen LogP contribution >= 0.6 is 0 Å². The Hall–Kier alpha value is -2.99. The molecule has 0 saturated heterocycles. The Bertz CT molecular complexity index is 1170. The summed E-state index contributed by atoms with van der Waals surface area (Å²) in [6.45, 7) is -0.500. The molecule has 0 saturated carbocycles. The molecule has 0 unspecified atom stereocenters. The van der Waals surface area contributed by atoms with Gasteiger partial charge in [-0.3, -0.25) is 9.55 Å². The minimum absolute atomic E-state index is 0.174. The number of hydrogen-bond donors (Lipinski definition) is 1. The number of nitrogens with one attached hydrogen (secondary N) is 1. The molecule has 29 heavy (non-hydrogen) atoms. The van der Waals surface area contributed by atoms with Gasteiger partial charge in [0.25, 0.3) is 0 Å². The van der Waals surface area contributed by atoms with Gasteiger partial charge in [0.05, 0.1) is 17.0 Å². The molecule has 3 aromatic rings. The van der Waals surface area contributed by atoms with Gasteiger partial charge >= 0.3 is 11.9 Å². The molecule has 0 aliphatic heterocycles. The Kier molecular flexibility index (Phi) is 5.57. The molecule has 0 radical (unpaired) electrons. The van der Waals surface area contributed by atoms with E-state index < -0.39 is 32.3 Å². The van der Waals surface area contributed by atoms with Crippen molar-refractivity contribution in [1.29, 1.82) is 0 Å². The fourth-order valence-corrected chi connectivity index (χ4v) is 3.90. The molecule has 0 aliphatic carbocycles. The largest absolute Gasteiger partial charge is 0.417 e. The van der Waals surface area contributed by atoms with Crippen LogP contribution in [0.3, 0.4) is 0 Å². The lowest BCUT2D eigenvalue weighted by Gasteiger charge is -2.13. The molecule has 1 aromatic carbocycles. The number of alkyl halides is 3. The van der Waals surface area contributed by atoms with Gasteiger partial charge in [-0.15, -0.1) is 5.10 Å². The maximum Gasteiger partial charge on any atom is 0.417 e. The van der Waals surface area contributed by atoms with Crippen molar-refractivity contribution in [2.24, 2.45) is 7.05 Å². The van der Waals surface area contributed by atoms with Crippen LogP contribution in [0.15, 0.2) is 58.4 Å². The second kappa shape index (κ2) is 7.79.